The highest BCUT2D eigenvalue weighted by Gasteiger charge is 2.60. The lowest BCUT2D eigenvalue weighted by molar-refractivity contribution is -0.168. The lowest BCUT2D eigenvalue weighted by Gasteiger charge is -2.60. The van der Waals surface area contributed by atoms with Crippen LogP contribution in [0.2, 0.25) is 0 Å². The number of aliphatic hydroxyl groups excluding tert-OH is 1. The molecule has 174 valence electrons. The summed E-state index contributed by atoms with van der Waals surface area (Å²) in [5, 5.41) is 10.7. The maximum Gasteiger partial charge on any atom is 0.311 e. The molecule has 3 saturated carbocycles. The van der Waals surface area contributed by atoms with Gasteiger partial charge >= 0.3 is 11.9 Å². The highest BCUT2D eigenvalue weighted by atomic mass is 16.5. The fourth-order valence-electron chi connectivity index (χ4n) is 7.44. The van der Waals surface area contributed by atoms with Gasteiger partial charge in [-0.05, 0) is 88.9 Å². The Morgan fingerprint density at radius 1 is 1.13 bits per heavy atom. The molecule has 0 aromatic rings. The molecule has 7 atom stereocenters. The zero-order chi connectivity index (χ0) is 22.6. The first-order chi connectivity index (χ1) is 14.5. The summed E-state index contributed by atoms with van der Waals surface area (Å²) in [6, 6.07) is 0. The minimum absolute atomic E-state index is 0.000492. The van der Waals surface area contributed by atoms with Gasteiger partial charge in [0, 0.05) is 25.4 Å². The molecule has 1 unspecified atom stereocenters. The smallest absolute Gasteiger partial charge is 0.311 e. The average molecular weight is 433 g/mol. The minimum atomic E-state index is -0.490. The van der Waals surface area contributed by atoms with Gasteiger partial charge < -0.3 is 14.6 Å². The normalized spacial score (nSPS) is 42.0. The predicted octanol–water partition coefficient (Wildman–Crippen LogP) is 4.81. The second-order valence-corrected chi connectivity index (χ2v) is 11.9. The van der Waals surface area contributed by atoms with Crippen LogP contribution in [0.4, 0.5) is 0 Å². The van der Waals surface area contributed by atoms with Crippen LogP contribution in [0.1, 0.15) is 86.0 Å². The molecule has 3 fully saturated rings. The van der Waals surface area contributed by atoms with E-state index in [-0.39, 0.29) is 41.6 Å². The van der Waals surface area contributed by atoms with Gasteiger partial charge in [0.1, 0.15) is 12.2 Å². The van der Waals surface area contributed by atoms with Crippen molar-refractivity contribution in [3.8, 4) is 0 Å². The minimum Gasteiger partial charge on any atom is -0.463 e. The van der Waals surface area contributed by atoms with Crippen LogP contribution in [-0.4, -0.2) is 35.9 Å². The fraction of sp³-hybridized carbons (Fsp3) is 0.846. The van der Waals surface area contributed by atoms with Gasteiger partial charge in [0.15, 0.2) is 0 Å². The van der Waals surface area contributed by atoms with Crippen LogP contribution in [0.15, 0.2) is 11.6 Å². The number of esters is 2. The van der Waals surface area contributed by atoms with Crippen LogP contribution >= 0.6 is 0 Å². The largest absolute Gasteiger partial charge is 0.463 e. The molecule has 1 N–H and O–H groups in total. The Labute approximate surface area is 186 Å². The number of rotatable bonds is 3. The van der Waals surface area contributed by atoms with Gasteiger partial charge in [-0.1, -0.05) is 18.6 Å². The molecule has 0 bridgehead atoms. The van der Waals surface area contributed by atoms with E-state index < -0.39 is 5.41 Å². The van der Waals surface area contributed by atoms with Crippen molar-refractivity contribution in [3.63, 3.8) is 0 Å². The van der Waals surface area contributed by atoms with E-state index in [4.69, 9.17) is 9.47 Å². The SMILES string of the molecule is CC(=O)OC1CC[C@@]2(CO)[C@@H](CC[C@H]3C4=CC[C@H](OC(=O)C(C)(C)C)[C@@]4(C)CC[C@@H]32)C1. The van der Waals surface area contributed by atoms with Crippen molar-refractivity contribution in [2.45, 2.75) is 98.2 Å². The Balaban J connectivity index is 1.53. The number of hydrogen-bond acceptors (Lipinski definition) is 5. The van der Waals surface area contributed by atoms with Gasteiger partial charge in [0.2, 0.25) is 0 Å². The number of hydrogen-bond donors (Lipinski definition) is 1. The maximum atomic E-state index is 12.6. The van der Waals surface area contributed by atoms with Crippen LogP contribution in [0.25, 0.3) is 0 Å². The average Bonchev–Trinajstić information content (AvgIpc) is 3.02. The van der Waals surface area contributed by atoms with E-state index in [0.29, 0.717) is 17.8 Å². The molecule has 0 saturated heterocycles. The van der Waals surface area contributed by atoms with Crippen molar-refractivity contribution in [3.05, 3.63) is 11.6 Å². The van der Waals surface area contributed by atoms with E-state index >= 15 is 0 Å². The molecule has 0 radical (unpaired) electrons. The molecule has 4 aliphatic carbocycles. The fourth-order valence-corrected chi connectivity index (χ4v) is 7.44. The number of carbonyl (C=O) groups is 2. The van der Waals surface area contributed by atoms with E-state index in [1.54, 1.807) is 0 Å². The Hall–Kier alpha value is -1.36. The van der Waals surface area contributed by atoms with Crippen LogP contribution < -0.4 is 0 Å². The first kappa shape index (κ1) is 22.8. The summed E-state index contributed by atoms with van der Waals surface area (Å²) in [5.74, 6) is 1.03. The third-order valence-corrected chi connectivity index (χ3v) is 9.13. The molecule has 31 heavy (non-hydrogen) atoms. The molecular weight excluding hydrogens is 392 g/mol. The maximum absolute atomic E-state index is 12.6. The highest BCUT2D eigenvalue weighted by Crippen LogP contribution is 2.65. The lowest BCUT2D eigenvalue weighted by atomic mass is 9.46. The second-order valence-electron chi connectivity index (χ2n) is 11.9. The van der Waals surface area contributed by atoms with Gasteiger partial charge in [0.25, 0.3) is 0 Å². The topological polar surface area (TPSA) is 72.8 Å². The number of fused-ring (bicyclic) bond motifs is 5. The molecule has 4 aliphatic rings. The van der Waals surface area contributed by atoms with Crippen LogP contribution in [-0.2, 0) is 19.1 Å². The molecule has 0 amide bonds. The van der Waals surface area contributed by atoms with E-state index in [2.05, 4.69) is 13.0 Å². The summed E-state index contributed by atoms with van der Waals surface area (Å²) >= 11 is 0. The van der Waals surface area contributed by atoms with E-state index in [1.165, 1.54) is 12.5 Å². The van der Waals surface area contributed by atoms with Crippen LogP contribution in [0.3, 0.4) is 0 Å². The van der Waals surface area contributed by atoms with Gasteiger partial charge in [-0.2, -0.15) is 0 Å². The first-order valence-electron chi connectivity index (χ1n) is 12.2. The summed E-state index contributed by atoms with van der Waals surface area (Å²) in [6.45, 7) is 9.74. The Morgan fingerprint density at radius 2 is 1.87 bits per heavy atom. The summed E-state index contributed by atoms with van der Waals surface area (Å²) in [4.78, 5) is 24.1. The van der Waals surface area contributed by atoms with Crippen LogP contribution in [0.5, 0.6) is 0 Å². The summed E-state index contributed by atoms with van der Waals surface area (Å²) in [6.07, 6.45) is 10.0. The molecule has 0 aromatic heterocycles. The Kier molecular flexibility index (Phi) is 5.81. The Morgan fingerprint density at radius 3 is 2.52 bits per heavy atom. The van der Waals surface area contributed by atoms with Crippen molar-refractivity contribution in [2.75, 3.05) is 6.61 Å². The summed E-state index contributed by atoms with van der Waals surface area (Å²) in [5.41, 5.74) is 0.835. The molecule has 4 rings (SSSR count). The Bertz CT molecular complexity index is 764. The third kappa shape index (κ3) is 3.75. The standard InChI is InChI=1S/C26H40O5/c1-16(28)30-18-10-13-26(15-27)17(14-18)6-7-19-20-8-9-22(31-23(29)24(2,3)4)25(20,5)12-11-21(19)26/h8,17-19,21-22,27H,6-7,9-15H2,1-5H3/t17-,18?,19-,21-,22-,25-,26+/m0/s1. The van der Waals surface area contributed by atoms with Gasteiger partial charge in [-0.15, -0.1) is 0 Å². The molecule has 5 heteroatoms. The zero-order valence-corrected chi connectivity index (χ0v) is 19.9. The van der Waals surface area contributed by atoms with Crippen molar-refractivity contribution in [2.24, 2.45) is 34.0 Å². The third-order valence-electron chi connectivity index (χ3n) is 9.13. The van der Waals surface area contributed by atoms with Crippen molar-refractivity contribution < 1.29 is 24.2 Å². The first-order valence-corrected chi connectivity index (χ1v) is 12.2. The van der Waals surface area contributed by atoms with Gasteiger partial charge in [-0.3, -0.25) is 9.59 Å². The predicted molar refractivity (Wildman–Crippen MR) is 118 cm³/mol. The number of ether oxygens (including phenoxy) is 2. The molecule has 0 spiro atoms. The molecule has 5 nitrogen and oxygen atoms in total. The number of carbonyl (C=O) groups excluding carboxylic acids is 2. The van der Waals surface area contributed by atoms with Gasteiger partial charge in [0.05, 0.1) is 5.41 Å². The van der Waals surface area contributed by atoms with Crippen molar-refractivity contribution >= 4 is 11.9 Å². The van der Waals surface area contributed by atoms with E-state index in [1.807, 2.05) is 20.8 Å². The van der Waals surface area contributed by atoms with E-state index in [0.717, 1.165) is 51.4 Å². The lowest BCUT2D eigenvalue weighted by Crippen LogP contribution is -2.55. The quantitative estimate of drug-likeness (QED) is 0.512. The highest BCUT2D eigenvalue weighted by molar-refractivity contribution is 5.75. The summed E-state index contributed by atoms with van der Waals surface area (Å²) in [7, 11) is 0. The summed E-state index contributed by atoms with van der Waals surface area (Å²) < 4.78 is 11.6. The van der Waals surface area contributed by atoms with Crippen molar-refractivity contribution in [1.29, 1.82) is 0 Å². The number of aliphatic hydroxyl groups is 1. The monoisotopic (exact) mass is 432 g/mol. The molecule has 0 heterocycles. The van der Waals surface area contributed by atoms with Crippen LogP contribution in [0, 0.1) is 34.0 Å². The van der Waals surface area contributed by atoms with E-state index in [9.17, 15) is 14.7 Å². The molecular formula is C26H40O5. The molecule has 0 aromatic carbocycles. The second kappa shape index (κ2) is 7.90. The zero-order valence-electron chi connectivity index (χ0n) is 19.9. The molecule has 0 aliphatic heterocycles. The van der Waals surface area contributed by atoms with Gasteiger partial charge in [-0.25, -0.2) is 0 Å². The van der Waals surface area contributed by atoms with Crippen molar-refractivity contribution in [1.82, 2.24) is 0 Å².